The second-order valence-electron chi connectivity index (χ2n) is 7.69. The summed E-state index contributed by atoms with van der Waals surface area (Å²) in [6.45, 7) is 7.38. The Morgan fingerprint density at radius 1 is 0.912 bits per heavy atom. The second kappa shape index (κ2) is 11.5. The number of hydrogen-bond donors (Lipinski definition) is 0. The lowest BCUT2D eigenvalue weighted by Crippen LogP contribution is -2.39. The van der Waals surface area contributed by atoms with E-state index in [1.54, 1.807) is 19.1 Å². The van der Waals surface area contributed by atoms with Crippen molar-refractivity contribution >= 4 is 55.8 Å². The van der Waals surface area contributed by atoms with Gasteiger partial charge in [0.2, 0.25) is 0 Å². The van der Waals surface area contributed by atoms with Gasteiger partial charge in [-0.2, -0.15) is 0 Å². The van der Waals surface area contributed by atoms with E-state index < -0.39 is 0 Å². The van der Waals surface area contributed by atoms with Crippen molar-refractivity contribution in [2.75, 3.05) is 45.3 Å². The van der Waals surface area contributed by atoms with Gasteiger partial charge >= 0.3 is 0 Å². The van der Waals surface area contributed by atoms with E-state index in [9.17, 15) is 4.79 Å². The van der Waals surface area contributed by atoms with Crippen LogP contribution in [0, 0.1) is 0 Å². The molecule has 0 N–H and O–H groups in total. The fourth-order valence-corrected chi connectivity index (χ4v) is 4.97. The monoisotopic (exact) mass is 499 g/mol. The van der Waals surface area contributed by atoms with Crippen LogP contribution in [-0.4, -0.2) is 56.2 Å². The lowest BCUT2D eigenvalue weighted by molar-refractivity contribution is 0.0981. The van der Waals surface area contributed by atoms with Crippen molar-refractivity contribution in [2.45, 2.75) is 13.8 Å². The zero-order valence-corrected chi connectivity index (χ0v) is 21.5. The molecule has 0 unspecified atom stereocenters. The molecular weight excluding hydrogens is 470 g/mol. The molecule has 8 heteroatoms. The summed E-state index contributed by atoms with van der Waals surface area (Å²) in [4.78, 5) is 22.8. The number of nitrogens with zero attached hydrogens (tertiary/aromatic N) is 3. The first-order valence-electron chi connectivity index (χ1n) is 11.1. The summed E-state index contributed by atoms with van der Waals surface area (Å²) in [6.07, 6.45) is 0. The summed E-state index contributed by atoms with van der Waals surface area (Å²) in [5.74, 6) is 1.14. The third-order valence-corrected chi connectivity index (χ3v) is 6.94. The van der Waals surface area contributed by atoms with E-state index in [1.807, 2.05) is 54.6 Å². The molecule has 3 aromatic carbocycles. The number of hydrogen-bond acceptors (Lipinski definition) is 6. The van der Waals surface area contributed by atoms with E-state index in [-0.39, 0.29) is 18.3 Å². The van der Waals surface area contributed by atoms with Gasteiger partial charge < -0.3 is 14.4 Å². The third-order valence-electron chi connectivity index (χ3n) is 5.90. The number of carbonyl (C=O) groups is 1. The SMILES string of the molecule is CCN(CC)CCN(C(=O)c1cc2ccccc2cc1OC)c1nc2c(OC)cccc2s1.Cl. The van der Waals surface area contributed by atoms with Gasteiger partial charge in [0.05, 0.1) is 24.5 Å². The van der Waals surface area contributed by atoms with Crippen LogP contribution >= 0.6 is 23.7 Å². The minimum Gasteiger partial charge on any atom is -0.496 e. The lowest BCUT2D eigenvalue weighted by atomic mass is 10.0. The van der Waals surface area contributed by atoms with Gasteiger partial charge in [-0.05, 0) is 48.1 Å². The van der Waals surface area contributed by atoms with Gasteiger partial charge in [-0.15, -0.1) is 12.4 Å². The molecule has 0 aliphatic carbocycles. The van der Waals surface area contributed by atoms with Crippen LogP contribution in [0.2, 0.25) is 0 Å². The van der Waals surface area contributed by atoms with Gasteiger partial charge in [0.25, 0.3) is 5.91 Å². The van der Waals surface area contributed by atoms with Crippen LogP contribution in [0.15, 0.2) is 54.6 Å². The number of anilines is 1. The van der Waals surface area contributed by atoms with E-state index >= 15 is 0 Å². The summed E-state index contributed by atoms with van der Waals surface area (Å²) < 4.78 is 12.1. The van der Waals surface area contributed by atoms with Crippen molar-refractivity contribution < 1.29 is 14.3 Å². The molecule has 1 heterocycles. The Labute approximate surface area is 210 Å². The molecule has 0 atom stereocenters. The number of carbonyl (C=O) groups excluding carboxylic acids is 1. The van der Waals surface area contributed by atoms with Crippen molar-refractivity contribution in [3.8, 4) is 11.5 Å². The molecular formula is C26H30ClN3O3S. The molecule has 0 fully saturated rings. The standard InChI is InChI=1S/C26H29N3O3S.ClH/c1-5-28(6-2)14-15-29(26-27-24-21(31-3)12-9-13-23(24)33-26)25(30)20-16-18-10-7-8-11-19(18)17-22(20)32-4;/h7-13,16-17H,5-6,14-15H2,1-4H3;1H. The second-order valence-corrected chi connectivity index (χ2v) is 8.70. The van der Waals surface area contributed by atoms with E-state index in [2.05, 4.69) is 18.7 Å². The summed E-state index contributed by atoms with van der Waals surface area (Å²) in [7, 11) is 3.24. The Bertz CT molecular complexity index is 1270. The molecule has 0 spiro atoms. The molecule has 1 amide bonds. The first kappa shape index (κ1) is 25.7. The number of fused-ring (bicyclic) bond motifs is 2. The molecule has 0 aliphatic heterocycles. The van der Waals surface area contributed by atoms with Gasteiger partial charge in [-0.3, -0.25) is 9.69 Å². The highest BCUT2D eigenvalue weighted by atomic mass is 35.5. The van der Waals surface area contributed by atoms with Crippen molar-refractivity contribution in [3.05, 3.63) is 60.2 Å². The maximum Gasteiger partial charge on any atom is 0.263 e. The topological polar surface area (TPSA) is 54.9 Å². The molecule has 4 rings (SSSR count). The maximum absolute atomic E-state index is 14.0. The van der Waals surface area contributed by atoms with Gasteiger partial charge in [0.15, 0.2) is 5.13 Å². The molecule has 1 aromatic heterocycles. The van der Waals surface area contributed by atoms with Crippen molar-refractivity contribution in [3.63, 3.8) is 0 Å². The molecule has 34 heavy (non-hydrogen) atoms. The van der Waals surface area contributed by atoms with Crippen molar-refractivity contribution in [1.82, 2.24) is 9.88 Å². The number of aromatic nitrogens is 1. The third kappa shape index (κ3) is 5.12. The fourth-order valence-electron chi connectivity index (χ4n) is 3.96. The number of halogens is 1. The Kier molecular flexibility index (Phi) is 8.72. The van der Waals surface area contributed by atoms with Gasteiger partial charge in [0.1, 0.15) is 17.0 Å². The van der Waals surface area contributed by atoms with E-state index in [1.165, 1.54) is 11.3 Å². The first-order valence-corrected chi connectivity index (χ1v) is 12.0. The zero-order valence-electron chi connectivity index (χ0n) is 19.9. The normalized spacial score (nSPS) is 11.0. The average molecular weight is 500 g/mol. The van der Waals surface area contributed by atoms with Crippen molar-refractivity contribution in [1.29, 1.82) is 0 Å². The highest BCUT2D eigenvalue weighted by Crippen LogP contribution is 2.36. The van der Waals surface area contributed by atoms with Crippen LogP contribution in [-0.2, 0) is 0 Å². The zero-order chi connectivity index (χ0) is 23.4. The summed E-state index contributed by atoms with van der Waals surface area (Å²) >= 11 is 1.50. The molecule has 0 saturated heterocycles. The van der Waals surface area contributed by atoms with E-state index in [4.69, 9.17) is 14.5 Å². The number of amides is 1. The smallest absolute Gasteiger partial charge is 0.263 e. The number of ether oxygens (including phenoxy) is 2. The Hall–Kier alpha value is -2.87. The summed E-state index contributed by atoms with van der Waals surface area (Å²) in [5, 5.41) is 2.68. The fraction of sp³-hybridized carbons (Fsp3) is 0.308. The molecule has 0 aliphatic rings. The van der Waals surface area contributed by atoms with Crippen LogP contribution in [0.5, 0.6) is 11.5 Å². The lowest BCUT2D eigenvalue weighted by Gasteiger charge is -2.25. The summed E-state index contributed by atoms with van der Waals surface area (Å²) in [5.41, 5.74) is 1.30. The van der Waals surface area contributed by atoms with Crippen LogP contribution < -0.4 is 14.4 Å². The highest BCUT2D eigenvalue weighted by Gasteiger charge is 2.25. The van der Waals surface area contributed by atoms with E-state index in [0.29, 0.717) is 28.7 Å². The maximum atomic E-state index is 14.0. The van der Waals surface area contributed by atoms with Gasteiger partial charge in [-0.25, -0.2) is 4.98 Å². The average Bonchev–Trinajstić information content (AvgIpc) is 3.29. The highest BCUT2D eigenvalue weighted by molar-refractivity contribution is 7.22. The van der Waals surface area contributed by atoms with Crippen LogP contribution in [0.1, 0.15) is 24.2 Å². The quantitative estimate of drug-likeness (QED) is 0.288. The molecule has 4 aromatic rings. The van der Waals surface area contributed by atoms with Crippen LogP contribution in [0.25, 0.3) is 21.0 Å². The Morgan fingerprint density at radius 3 is 2.24 bits per heavy atom. The predicted molar refractivity (Wildman–Crippen MR) is 143 cm³/mol. The Morgan fingerprint density at radius 2 is 1.59 bits per heavy atom. The predicted octanol–water partition coefficient (Wildman–Crippen LogP) is 5.88. The number of methoxy groups -OCH3 is 2. The van der Waals surface area contributed by atoms with E-state index in [0.717, 1.165) is 40.6 Å². The number of benzene rings is 3. The Balaban J connectivity index is 0.00000324. The molecule has 180 valence electrons. The first-order chi connectivity index (χ1) is 16.1. The number of para-hydroxylation sites is 1. The van der Waals surface area contributed by atoms with Gasteiger partial charge in [-0.1, -0.05) is 55.5 Å². The largest absolute Gasteiger partial charge is 0.496 e. The summed E-state index contributed by atoms with van der Waals surface area (Å²) in [6, 6.07) is 17.6. The molecule has 6 nitrogen and oxygen atoms in total. The molecule has 0 bridgehead atoms. The minimum atomic E-state index is -0.122. The molecule has 0 radical (unpaired) electrons. The van der Waals surface area contributed by atoms with Crippen LogP contribution in [0.3, 0.4) is 0 Å². The van der Waals surface area contributed by atoms with Crippen molar-refractivity contribution in [2.24, 2.45) is 0 Å². The number of likely N-dealkylation sites (N-methyl/N-ethyl adjacent to an activating group) is 1. The minimum absolute atomic E-state index is 0. The number of thiazole rings is 1. The van der Waals surface area contributed by atoms with Crippen LogP contribution in [0.4, 0.5) is 5.13 Å². The molecule has 0 saturated carbocycles. The number of rotatable bonds is 9. The van der Waals surface area contributed by atoms with Gasteiger partial charge in [0, 0.05) is 13.1 Å².